The Balaban J connectivity index is -0.000000169. The van der Waals surface area contributed by atoms with Crippen molar-refractivity contribution in [2.75, 3.05) is 0 Å². The van der Waals surface area contributed by atoms with Crippen molar-refractivity contribution in [2.24, 2.45) is 0 Å². The zero-order chi connectivity index (χ0) is 11.3. The van der Waals surface area contributed by atoms with E-state index in [-0.39, 0.29) is 0 Å². The van der Waals surface area contributed by atoms with Crippen LogP contribution < -0.4 is 0 Å². The van der Waals surface area contributed by atoms with Crippen molar-refractivity contribution in [3.8, 4) is 0 Å². The maximum Gasteiger partial charge on any atom is -0.0313 e. The summed E-state index contributed by atoms with van der Waals surface area (Å²) in [6.07, 6.45) is 4.42. The second kappa shape index (κ2) is 17.3. The van der Waals surface area contributed by atoms with Gasteiger partial charge in [-0.2, -0.15) is 0 Å². The van der Waals surface area contributed by atoms with Gasteiger partial charge in [-0.15, -0.1) is 13.2 Å². The van der Waals surface area contributed by atoms with Crippen molar-refractivity contribution >= 4 is 0 Å². The molecule has 0 aliphatic rings. The summed E-state index contributed by atoms with van der Waals surface area (Å²) < 4.78 is 0. The molecule has 0 saturated heterocycles. The Hall–Kier alpha value is -0.780. The SMILES string of the molecule is C=C.C=C(C=C(C)C)CC.CCC. The third kappa shape index (κ3) is 35.0. The molecule has 0 bridgehead atoms. The Labute approximate surface area is 85.1 Å². The molecule has 13 heavy (non-hydrogen) atoms. The molecule has 0 aromatic heterocycles. The van der Waals surface area contributed by atoms with Gasteiger partial charge in [0.1, 0.15) is 0 Å². The lowest BCUT2D eigenvalue weighted by atomic mass is 10.2. The molecule has 0 fully saturated rings. The van der Waals surface area contributed by atoms with E-state index in [1.54, 1.807) is 0 Å². The first-order chi connectivity index (χ1) is 6.08. The number of rotatable bonds is 2. The van der Waals surface area contributed by atoms with Crippen molar-refractivity contribution < 1.29 is 0 Å². The summed E-state index contributed by atoms with van der Waals surface area (Å²) in [5.74, 6) is 0. The quantitative estimate of drug-likeness (QED) is 0.410. The van der Waals surface area contributed by atoms with Crippen LogP contribution in [-0.2, 0) is 0 Å². The van der Waals surface area contributed by atoms with Crippen molar-refractivity contribution in [3.63, 3.8) is 0 Å². The average Bonchev–Trinajstić information content (AvgIpc) is 2.08. The fourth-order valence-corrected chi connectivity index (χ4v) is 0.510. The maximum absolute atomic E-state index is 3.84. The number of hydrogen-bond donors (Lipinski definition) is 0. The predicted molar refractivity (Wildman–Crippen MR) is 66.1 cm³/mol. The second-order valence-corrected chi connectivity index (χ2v) is 2.94. The molecule has 0 spiro atoms. The molecular weight excluding hydrogens is 156 g/mol. The van der Waals surface area contributed by atoms with Gasteiger partial charge >= 0.3 is 0 Å². The minimum atomic E-state index is 1.06. The Morgan fingerprint density at radius 3 is 1.46 bits per heavy atom. The molecule has 0 unspecified atom stereocenters. The lowest BCUT2D eigenvalue weighted by molar-refractivity contribution is 1.09. The zero-order valence-corrected chi connectivity index (χ0v) is 10.1. The highest BCUT2D eigenvalue weighted by atomic mass is 13.9. The minimum Gasteiger partial charge on any atom is -0.106 e. The molecule has 78 valence electrons. The lowest BCUT2D eigenvalue weighted by Crippen LogP contribution is -1.70. The minimum absolute atomic E-state index is 1.06. The highest BCUT2D eigenvalue weighted by Gasteiger charge is 1.80. The van der Waals surface area contributed by atoms with Crippen LogP contribution in [0, 0.1) is 0 Å². The largest absolute Gasteiger partial charge is 0.106 e. The van der Waals surface area contributed by atoms with Gasteiger partial charge in [0.25, 0.3) is 0 Å². The van der Waals surface area contributed by atoms with E-state index < -0.39 is 0 Å². The monoisotopic (exact) mass is 182 g/mol. The van der Waals surface area contributed by atoms with Gasteiger partial charge in [0.15, 0.2) is 0 Å². The second-order valence-electron chi connectivity index (χ2n) is 2.94. The first-order valence-electron chi connectivity index (χ1n) is 4.91. The Kier molecular flexibility index (Phi) is 24.1. The third-order valence-electron chi connectivity index (χ3n) is 0.947. The van der Waals surface area contributed by atoms with Crippen LogP contribution in [0.3, 0.4) is 0 Å². The van der Waals surface area contributed by atoms with E-state index in [0.29, 0.717) is 0 Å². The fourth-order valence-electron chi connectivity index (χ4n) is 0.510. The van der Waals surface area contributed by atoms with E-state index >= 15 is 0 Å². The van der Waals surface area contributed by atoms with Gasteiger partial charge in [-0.25, -0.2) is 0 Å². The molecule has 0 nitrogen and oxygen atoms in total. The van der Waals surface area contributed by atoms with Gasteiger partial charge < -0.3 is 0 Å². The molecule has 0 amide bonds. The van der Waals surface area contributed by atoms with Crippen molar-refractivity contribution in [2.45, 2.75) is 47.5 Å². The van der Waals surface area contributed by atoms with Crippen molar-refractivity contribution in [3.05, 3.63) is 37.0 Å². The van der Waals surface area contributed by atoms with Crippen LogP contribution in [0.1, 0.15) is 47.5 Å². The topological polar surface area (TPSA) is 0 Å². The number of hydrogen-bond acceptors (Lipinski definition) is 0. The molecule has 0 saturated carbocycles. The molecule has 0 rings (SSSR count). The average molecular weight is 182 g/mol. The van der Waals surface area contributed by atoms with Crippen molar-refractivity contribution in [1.29, 1.82) is 0 Å². The van der Waals surface area contributed by atoms with Crippen LogP contribution in [0.4, 0.5) is 0 Å². The van der Waals surface area contributed by atoms with Crippen LogP contribution in [0.15, 0.2) is 37.0 Å². The fraction of sp³-hybridized carbons (Fsp3) is 0.538. The first kappa shape index (κ1) is 18.1. The van der Waals surface area contributed by atoms with Gasteiger partial charge in [0.2, 0.25) is 0 Å². The van der Waals surface area contributed by atoms with E-state index in [1.165, 1.54) is 17.6 Å². The summed E-state index contributed by atoms with van der Waals surface area (Å²) in [5.41, 5.74) is 2.54. The summed E-state index contributed by atoms with van der Waals surface area (Å²) in [4.78, 5) is 0. The van der Waals surface area contributed by atoms with Gasteiger partial charge in [-0.05, 0) is 20.3 Å². The highest BCUT2D eigenvalue weighted by Crippen LogP contribution is 2.01. The van der Waals surface area contributed by atoms with Crippen LogP contribution in [-0.4, -0.2) is 0 Å². The van der Waals surface area contributed by atoms with E-state index in [9.17, 15) is 0 Å². The zero-order valence-electron chi connectivity index (χ0n) is 10.1. The van der Waals surface area contributed by atoms with Crippen LogP contribution >= 0.6 is 0 Å². The molecular formula is C13H26. The lowest BCUT2D eigenvalue weighted by Gasteiger charge is -1.91. The van der Waals surface area contributed by atoms with E-state index in [2.05, 4.69) is 60.4 Å². The Bertz CT molecular complexity index is 125. The molecule has 0 heterocycles. The summed E-state index contributed by atoms with van der Waals surface area (Å²) in [6, 6.07) is 0. The Morgan fingerprint density at radius 2 is 1.38 bits per heavy atom. The highest BCUT2D eigenvalue weighted by molar-refractivity contribution is 5.17. The van der Waals surface area contributed by atoms with Crippen molar-refractivity contribution in [1.82, 2.24) is 0 Å². The van der Waals surface area contributed by atoms with Gasteiger partial charge in [0, 0.05) is 0 Å². The summed E-state index contributed by atoms with van der Waals surface area (Å²) in [6.45, 7) is 20.4. The molecule has 0 aliphatic heterocycles. The summed E-state index contributed by atoms with van der Waals surface area (Å²) in [5, 5.41) is 0. The smallest absolute Gasteiger partial charge is 0.0313 e. The van der Waals surface area contributed by atoms with Gasteiger partial charge in [-0.3, -0.25) is 0 Å². The standard InChI is InChI=1S/C8H14.C3H8.C2H4/c1-5-8(4)6-7(2)3;1-3-2;1-2/h6H,4-5H2,1-3H3;3H2,1-2H3;1-2H2. The molecule has 0 N–H and O–H groups in total. The molecule has 0 aliphatic carbocycles. The molecule has 0 aromatic rings. The normalized spacial score (nSPS) is 6.85. The summed E-state index contributed by atoms with van der Waals surface area (Å²) in [7, 11) is 0. The van der Waals surface area contributed by atoms with E-state index in [0.717, 1.165) is 6.42 Å². The van der Waals surface area contributed by atoms with E-state index in [1.807, 2.05) is 0 Å². The van der Waals surface area contributed by atoms with Gasteiger partial charge in [0.05, 0.1) is 0 Å². The number of allylic oxidation sites excluding steroid dienone is 3. The predicted octanol–water partition coefficient (Wildman–Crippen LogP) is 5.14. The van der Waals surface area contributed by atoms with Crippen LogP contribution in [0.25, 0.3) is 0 Å². The first-order valence-corrected chi connectivity index (χ1v) is 4.91. The summed E-state index contributed by atoms with van der Waals surface area (Å²) >= 11 is 0. The Morgan fingerprint density at radius 1 is 1.08 bits per heavy atom. The van der Waals surface area contributed by atoms with Crippen LogP contribution in [0.5, 0.6) is 0 Å². The van der Waals surface area contributed by atoms with E-state index in [4.69, 9.17) is 0 Å². The molecule has 0 atom stereocenters. The molecule has 0 radical (unpaired) electrons. The molecule has 0 aromatic carbocycles. The third-order valence-corrected chi connectivity index (χ3v) is 0.947. The molecule has 0 heteroatoms. The van der Waals surface area contributed by atoms with Gasteiger partial charge in [-0.1, -0.05) is 51.0 Å². The van der Waals surface area contributed by atoms with Crippen LogP contribution in [0.2, 0.25) is 0 Å². The maximum atomic E-state index is 3.84.